The maximum atomic E-state index is 13.7. The molecule has 3 aromatic rings. The zero-order valence-electron chi connectivity index (χ0n) is 14.5. The van der Waals surface area contributed by atoms with Gasteiger partial charge in [-0.2, -0.15) is 18.3 Å². The zero-order valence-corrected chi connectivity index (χ0v) is 14.5. The molecule has 0 bridgehead atoms. The van der Waals surface area contributed by atoms with Crippen molar-refractivity contribution in [2.45, 2.75) is 19.6 Å². The van der Waals surface area contributed by atoms with Crippen LogP contribution >= 0.6 is 0 Å². The van der Waals surface area contributed by atoms with Crippen LogP contribution in [0.3, 0.4) is 0 Å². The van der Waals surface area contributed by atoms with Crippen molar-refractivity contribution in [3.63, 3.8) is 0 Å². The number of benzene rings is 2. The molecule has 1 N–H and O–H groups in total. The standard InChI is InChI=1S/C19H14F5N3O/c1-2-27-15(10-16(26-27)19(22,23)24)11-6-8-12(9-7-11)25-18(28)17-13(20)4-3-5-14(17)21/h3-10H,2H2,1H3,(H,25,28). The molecule has 28 heavy (non-hydrogen) atoms. The van der Waals surface area contributed by atoms with Gasteiger partial charge >= 0.3 is 6.18 Å². The Hall–Kier alpha value is -3.23. The molecule has 0 aliphatic heterocycles. The molecule has 2 aromatic carbocycles. The highest BCUT2D eigenvalue weighted by molar-refractivity contribution is 6.04. The molecule has 4 nitrogen and oxygen atoms in total. The Labute approximate surface area is 156 Å². The first kappa shape index (κ1) is 19.5. The van der Waals surface area contributed by atoms with Crippen LogP contribution in [0.2, 0.25) is 0 Å². The molecular formula is C19H14F5N3O. The van der Waals surface area contributed by atoms with E-state index in [4.69, 9.17) is 0 Å². The number of nitrogens with one attached hydrogen (secondary N) is 1. The third-order valence-electron chi connectivity index (χ3n) is 4.00. The number of rotatable bonds is 4. The maximum absolute atomic E-state index is 13.7. The topological polar surface area (TPSA) is 46.9 Å². The van der Waals surface area contributed by atoms with Gasteiger partial charge in [-0.3, -0.25) is 9.48 Å². The minimum atomic E-state index is -4.56. The number of halogens is 5. The largest absolute Gasteiger partial charge is 0.435 e. The molecule has 146 valence electrons. The molecule has 1 amide bonds. The number of anilines is 1. The van der Waals surface area contributed by atoms with Gasteiger partial charge in [-0.15, -0.1) is 0 Å². The molecule has 9 heteroatoms. The highest BCUT2D eigenvalue weighted by atomic mass is 19.4. The van der Waals surface area contributed by atoms with Crippen LogP contribution in [0, 0.1) is 11.6 Å². The van der Waals surface area contributed by atoms with Gasteiger partial charge in [0, 0.05) is 12.2 Å². The molecule has 0 aliphatic carbocycles. The van der Waals surface area contributed by atoms with Crippen molar-refractivity contribution in [1.29, 1.82) is 0 Å². The summed E-state index contributed by atoms with van der Waals surface area (Å²) in [6.45, 7) is 1.89. The average molecular weight is 395 g/mol. The van der Waals surface area contributed by atoms with Gasteiger partial charge in [-0.1, -0.05) is 18.2 Å². The van der Waals surface area contributed by atoms with E-state index in [-0.39, 0.29) is 17.9 Å². The first-order valence-corrected chi connectivity index (χ1v) is 8.21. The van der Waals surface area contributed by atoms with Crippen LogP contribution in [0.1, 0.15) is 23.0 Å². The van der Waals surface area contributed by atoms with Crippen LogP contribution in [0.25, 0.3) is 11.3 Å². The van der Waals surface area contributed by atoms with Crippen LogP contribution in [0.15, 0.2) is 48.5 Å². The first-order valence-electron chi connectivity index (χ1n) is 8.21. The second kappa shape index (κ2) is 7.41. The Balaban J connectivity index is 1.85. The van der Waals surface area contributed by atoms with E-state index >= 15 is 0 Å². The molecule has 0 fully saturated rings. The lowest BCUT2D eigenvalue weighted by atomic mass is 10.1. The van der Waals surface area contributed by atoms with Crippen molar-refractivity contribution in [3.8, 4) is 11.3 Å². The van der Waals surface area contributed by atoms with Gasteiger partial charge in [0.15, 0.2) is 5.69 Å². The Bertz CT molecular complexity index is 989. The average Bonchev–Trinajstić information content (AvgIpc) is 3.07. The number of carbonyl (C=O) groups is 1. The number of nitrogens with zero attached hydrogens (tertiary/aromatic N) is 2. The van der Waals surface area contributed by atoms with E-state index in [1.807, 2.05) is 0 Å². The van der Waals surface area contributed by atoms with Gasteiger partial charge in [-0.25, -0.2) is 8.78 Å². The number of hydrogen-bond acceptors (Lipinski definition) is 2. The van der Waals surface area contributed by atoms with Crippen molar-refractivity contribution >= 4 is 11.6 Å². The smallest absolute Gasteiger partial charge is 0.322 e. The van der Waals surface area contributed by atoms with Crippen molar-refractivity contribution in [2.75, 3.05) is 5.32 Å². The van der Waals surface area contributed by atoms with Crippen LogP contribution in [0.5, 0.6) is 0 Å². The van der Waals surface area contributed by atoms with E-state index in [1.54, 1.807) is 6.92 Å². The molecule has 0 radical (unpaired) electrons. The lowest BCUT2D eigenvalue weighted by Crippen LogP contribution is -2.15. The number of aryl methyl sites for hydroxylation is 1. The fourth-order valence-corrected chi connectivity index (χ4v) is 2.66. The van der Waals surface area contributed by atoms with Gasteiger partial charge in [0.2, 0.25) is 0 Å². The molecule has 0 saturated carbocycles. The van der Waals surface area contributed by atoms with E-state index in [2.05, 4.69) is 10.4 Å². The normalized spacial score (nSPS) is 11.5. The molecule has 1 heterocycles. The predicted octanol–water partition coefficient (Wildman–Crippen LogP) is 5.12. The summed E-state index contributed by atoms with van der Waals surface area (Å²) < 4.78 is 67.2. The first-order chi connectivity index (χ1) is 13.2. The molecule has 0 unspecified atom stereocenters. The van der Waals surface area contributed by atoms with Crippen molar-refractivity contribution in [3.05, 3.63) is 71.4 Å². The number of aromatic nitrogens is 2. The van der Waals surface area contributed by atoms with Gasteiger partial charge in [0.25, 0.3) is 5.91 Å². The maximum Gasteiger partial charge on any atom is 0.435 e. The molecular weight excluding hydrogens is 381 g/mol. The van der Waals surface area contributed by atoms with E-state index < -0.39 is 35.0 Å². The zero-order chi connectivity index (χ0) is 20.5. The quantitative estimate of drug-likeness (QED) is 0.624. The fraction of sp³-hybridized carbons (Fsp3) is 0.158. The summed E-state index contributed by atoms with van der Waals surface area (Å²) in [4.78, 5) is 12.1. The molecule has 0 saturated heterocycles. The summed E-state index contributed by atoms with van der Waals surface area (Å²) >= 11 is 0. The summed E-state index contributed by atoms with van der Waals surface area (Å²) in [6, 6.07) is 9.82. The SMILES string of the molecule is CCn1nc(C(F)(F)F)cc1-c1ccc(NC(=O)c2c(F)cccc2F)cc1. The van der Waals surface area contributed by atoms with Gasteiger partial charge in [0.1, 0.15) is 17.2 Å². The molecule has 0 spiro atoms. The second-order valence-corrected chi connectivity index (χ2v) is 5.86. The Kier molecular flexibility index (Phi) is 5.17. The molecule has 3 rings (SSSR count). The van der Waals surface area contributed by atoms with E-state index in [1.165, 1.54) is 28.9 Å². The summed E-state index contributed by atoms with van der Waals surface area (Å²) in [5, 5.41) is 5.90. The number of hydrogen-bond donors (Lipinski definition) is 1. The van der Waals surface area contributed by atoms with Crippen LogP contribution in [-0.2, 0) is 12.7 Å². The van der Waals surface area contributed by atoms with Crippen molar-refractivity contribution < 1.29 is 26.7 Å². The number of alkyl halides is 3. The number of carbonyl (C=O) groups excluding carboxylic acids is 1. The predicted molar refractivity (Wildman–Crippen MR) is 92.7 cm³/mol. The highest BCUT2D eigenvalue weighted by Gasteiger charge is 2.34. The van der Waals surface area contributed by atoms with Crippen molar-refractivity contribution in [2.24, 2.45) is 0 Å². The fourth-order valence-electron chi connectivity index (χ4n) is 2.66. The summed E-state index contributed by atoms with van der Waals surface area (Å²) in [5.41, 5.74) is -0.787. The number of amides is 1. The lowest BCUT2D eigenvalue weighted by Gasteiger charge is -2.09. The van der Waals surface area contributed by atoms with E-state index in [0.29, 0.717) is 5.56 Å². The Morgan fingerprint density at radius 2 is 1.68 bits per heavy atom. The third-order valence-corrected chi connectivity index (χ3v) is 4.00. The summed E-state index contributed by atoms with van der Waals surface area (Å²) in [6.07, 6.45) is -4.56. The molecule has 0 aliphatic rings. The van der Waals surface area contributed by atoms with E-state index in [0.717, 1.165) is 24.3 Å². The third kappa shape index (κ3) is 3.88. The minimum absolute atomic E-state index is 0.231. The Morgan fingerprint density at radius 3 is 2.21 bits per heavy atom. The summed E-state index contributed by atoms with van der Waals surface area (Å²) in [5.74, 6) is -2.97. The minimum Gasteiger partial charge on any atom is -0.322 e. The van der Waals surface area contributed by atoms with Gasteiger partial charge < -0.3 is 5.32 Å². The van der Waals surface area contributed by atoms with Crippen LogP contribution in [-0.4, -0.2) is 15.7 Å². The van der Waals surface area contributed by atoms with Crippen molar-refractivity contribution in [1.82, 2.24) is 9.78 Å². The van der Waals surface area contributed by atoms with Gasteiger partial charge in [-0.05, 0) is 42.8 Å². The highest BCUT2D eigenvalue weighted by Crippen LogP contribution is 2.32. The molecule has 0 atom stereocenters. The second-order valence-electron chi connectivity index (χ2n) is 5.86. The monoisotopic (exact) mass is 395 g/mol. The van der Waals surface area contributed by atoms with E-state index in [9.17, 15) is 26.7 Å². The summed E-state index contributed by atoms with van der Waals surface area (Å²) in [7, 11) is 0. The lowest BCUT2D eigenvalue weighted by molar-refractivity contribution is -0.141. The van der Waals surface area contributed by atoms with Crippen LogP contribution < -0.4 is 5.32 Å². The molecule has 1 aromatic heterocycles. The van der Waals surface area contributed by atoms with Crippen LogP contribution in [0.4, 0.5) is 27.6 Å². The Morgan fingerprint density at radius 1 is 1.07 bits per heavy atom. The van der Waals surface area contributed by atoms with Gasteiger partial charge in [0.05, 0.1) is 5.69 Å².